The molecular formula is C15H19Cl2N5. The summed E-state index contributed by atoms with van der Waals surface area (Å²) in [5.74, 6) is 1.62. The van der Waals surface area contributed by atoms with Crippen LogP contribution in [0.15, 0.2) is 36.5 Å². The van der Waals surface area contributed by atoms with Gasteiger partial charge in [0.1, 0.15) is 5.82 Å². The Labute approximate surface area is 141 Å². The Morgan fingerprint density at radius 2 is 2.05 bits per heavy atom. The third-order valence-corrected chi connectivity index (χ3v) is 3.64. The van der Waals surface area contributed by atoms with E-state index in [1.165, 1.54) is 0 Å². The first-order valence-corrected chi connectivity index (χ1v) is 7.46. The predicted octanol–water partition coefficient (Wildman–Crippen LogP) is 2.57. The SMILES string of the molecule is Cl.Clc1cccc(CNc2ccnc(N3CCNCC3)n2)c1. The van der Waals surface area contributed by atoms with E-state index in [1.807, 2.05) is 30.3 Å². The number of aromatic nitrogens is 2. The van der Waals surface area contributed by atoms with Gasteiger partial charge < -0.3 is 15.5 Å². The zero-order valence-corrected chi connectivity index (χ0v) is 13.7. The zero-order chi connectivity index (χ0) is 14.5. The summed E-state index contributed by atoms with van der Waals surface area (Å²) in [7, 11) is 0. The van der Waals surface area contributed by atoms with Crippen molar-refractivity contribution in [3.05, 3.63) is 47.1 Å². The second kappa shape index (κ2) is 8.17. The van der Waals surface area contributed by atoms with Gasteiger partial charge in [0.15, 0.2) is 0 Å². The maximum Gasteiger partial charge on any atom is 0.227 e. The van der Waals surface area contributed by atoms with E-state index in [0.29, 0.717) is 6.54 Å². The molecule has 0 aliphatic carbocycles. The van der Waals surface area contributed by atoms with E-state index in [-0.39, 0.29) is 12.4 Å². The molecule has 7 heteroatoms. The molecule has 2 heterocycles. The molecule has 3 rings (SSSR count). The molecule has 1 aromatic carbocycles. The van der Waals surface area contributed by atoms with Gasteiger partial charge in [0.25, 0.3) is 0 Å². The molecule has 1 aliphatic heterocycles. The van der Waals surface area contributed by atoms with Crippen molar-refractivity contribution in [2.45, 2.75) is 6.54 Å². The van der Waals surface area contributed by atoms with Gasteiger partial charge in [0.2, 0.25) is 5.95 Å². The van der Waals surface area contributed by atoms with Gasteiger partial charge >= 0.3 is 0 Å². The van der Waals surface area contributed by atoms with Crippen LogP contribution in [0.5, 0.6) is 0 Å². The summed E-state index contributed by atoms with van der Waals surface area (Å²) in [5, 5.41) is 7.39. The van der Waals surface area contributed by atoms with Crippen LogP contribution in [-0.2, 0) is 6.54 Å². The average Bonchev–Trinajstić information content (AvgIpc) is 2.54. The van der Waals surface area contributed by atoms with Crippen LogP contribution < -0.4 is 15.5 Å². The third kappa shape index (κ3) is 4.47. The first-order chi connectivity index (χ1) is 10.3. The number of nitrogens with one attached hydrogen (secondary N) is 2. The molecule has 0 atom stereocenters. The first-order valence-electron chi connectivity index (χ1n) is 7.08. The summed E-state index contributed by atoms with van der Waals surface area (Å²) >= 11 is 5.99. The molecule has 0 spiro atoms. The lowest BCUT2D eigenvalue weighted by Gasteiger charge is -2.27. The number of benzene rings is 1. The molecule has 1 saturated heterocycles. The molecule has 0 amide bonds. The maximum absolute atomic E-state index is 5.99. The van der Waals surface area contributed by atoms with Gasteiger partial charge in [-0.25, -0.2) is 4.98 Å². The molecule has 0 bridgehead atoms. The molecule has 1 aromatic heterocycles. The smallest absolute Gasteiger partial charge is 0.227 e. The summed E-state index contributed by atoms with van der Waals surface area (Å²) in [5.41, 5.74) is 1.13. The standard InChI is InChI=1S/C15H18ClN5.ClH/c16-13-3-1-2-12(10-13)11-19-14-4-5-18-15(20-14)21-8-6-17-7-9-21;/h1-5,10,17H,6-9,11H2,(H,18,19,20);1H. The number of anilines is 2. The normalized spacial score (nSPS) is 14.3. The highest BCUT2D eigenvalue weighted by Crippen LogP contribution is 2.14. The van der Waals surface area contributed by atoms with Gasteiger partial charge in [-0.3, -0.25) is 0 Å². The lowest BCUT2D eigenvalue weighted by molar-refractivity contribution is 0.580. The number of hydrogen-bond acceptors (Lipinski definition) is 5. The van der Waals surface area contributed by atoms with Crippen LogP contribution in [0.25, 0.3) is 0 Å². The summed E-state index contributed by atoms with van der Waals surface area (Å²) in [6.45, 7) is 4.53. The second-order valence-electron chi connectivity index (χ2n) is 4.96. The first kappa shape index (κ1) is 16.8. The zero-order valence-electron chi connectivity index (χ0n) is 12.1. The second-order valence-corrected chi connectivity index (χ2v) is 5.40. The molecule has 0 unspecified atom stereocenters. The number of halogens is 2. The Kier molecular flexibility index (Phi) is 6.24. The molecule has 2 aromatic rings. The number of piperazine rings is 1. The number of rotatable bonds is 4. The van der Waals surface area contributed by atoms with E-state index in [2.05, 4.69) is 25.5 Å². The average molecular weight is 340 g/mol. The predicted molar refractivity (Wildman–Crippen MR) is 93.1 cm³/mol. The van der Waals surface area contributed by atoms with Crippen LogP contribution in [0.3, 0.4) is 0 Å². The Morgan fingerprint density at radius 1 is 1.23 bits per heavy atom. The molecule has 2 N–H and O–H groups in total. The van der Waals surface area contributed by atoms with Gasteiger partial charge in [0.05, 0.1) is 0 Å². The van der Waals surface area contributed by atoms with E-state index in [9.17, 15) is 0 Å². The van der Waals surface area contributed by atoms with Crippen LogP contribution in [0.4, 0.5) is 11.8 Å². The molecule has 118 valence electrons. The monoisotopic (exact) mass is 339 g/mol. The fourth-order valence-electron chi connectivity index (χ4n) is 2.30. The van der Waals surface area contributed by atoms with Crippen LogP contribution in [-0.4, -0.2) is 36.1 Å². The van der Waals surface area contributed by atoms with Crippen molar-refractivity contribution in [3.8, 4) is 0 Å². The van der Waals surface area contributed by atoms with Crippen LogP contribution >= 0.6 is 24.0 Å². The van der Waals surface area contributed by atoms with Crippen molar-refractivity contribution in [2.24, 2.45) is 0 Å². The lowest BCUT2D eigenvalue weighted by atomic mass is 10.2. The van der Waals surface area contributed by atoms with E-state index in [1.54, 1.807) is 6.20 Å². The van der Waals surface area contributed by atoms with Crippen molar-refractivity contribution >= 4 is 35.8 Å². The van der Waals surface area contributed by atoms with Crippen molar-refractivity contribution < 1.29 is 0 Å². The number of nitrogens with zero attached hydrogens (tertiary/aromatic N) is 3. The maximum atomic E-state index is 5.99. The van der Waals surface area contributed by atoms with Crippen molar-refractivity contribution in [3.63, 3.8) is 0 Å². The molecule has 1 fully saturated rings. The lowest BCUT2D eigenvalue weighted by Crippen LogP contribution is -2.44. The molecule has 1 aliphatic rings. The Bertz CT molecular complexity index is 602. The molecular weight excluding hydrogens is 321 g/mol. The third-order valence-electron chi connectivity index (χ3n) is 3.41. The van der Waals surface area contributed by atoms with Crippen LogP contribution in [0.2, 0.25) is 5.02 Å². The van der Waals surface area contributed by atoms with Gasteiger partial charge in [-0.05, 0) is 23.8 Å². The molecule has 0 saturated carbocycles. The van der Waals surface area contributed by atoms with E-state index >= 15 is 0 Å². The summed E-state index contributed by atoms with van der Waals surface area (Å²) in [6, 6.07) is 9.70. The van der Waals surface area contributed by atoms with Gasteiger partial charge in [0, 0.05) is 43.9 Å². The van der Waals surface area contributed by atoms with E-state index in [4.69, 9.17) is 11.6 Å². The quantitative estimate of drug-likeness (QED) is 0.896. The highest BCUT2D eigenvalue weighted by atomic mass is 35.5. The highest BCUT2D eigenvalue weighted by molar-refractivity contribution is 6.30. The van der Waals surface area contributed by atoms with E-state index in [0.717, 1.165) is 48.5 Å². The minimum Gasteiger partial charge on any atom is -0.366 e. The van der Waals surface area contributed by atoms with Gasteiger partial charge in [-0.15, -0.1) is 12.4 Å². The highest BCUT2D eigenvalue weighted by Gasteiger charge is 2.13. The van der Waals surface area contributed by atoms with Crippen LogP contribution in [0.1, 0.15) is 5.56 Å². The Balaban J connectivity index is 0.00000176. The molecule has 0 radical (unpaired) electrons. The topological polar surface area (TPSA) is 53.1 Å². The largest absolute Gasteiger partial charge is 0.366 e. The Morgan fingerprint density at radius 3 is 2.82 bits per heavy atom. The van der Waals surface area contributed by atoms with Gasteiger partial charge in [-0.1, -0.05) is 23.7 Å². The van der Waals surface area contributed by atoms with E-state index < -0.39 is 0 Å². The fraction of sp³-hybridized carbons (Fsp3) is 0.333. The van der Waals surface area contributed by atoms with Crippen molar-refractivity contribution in [2.75, 3.05) is 36.4 Å². The summed E-state index contributed by atoms with van der Waals surface area (Å²) in [4.78, 5) is 11.1. The summed E-state index contributed by atoms with van der Waals surface area (Å²) in [6.07, 6.45) is 1.80. The van der Waals surface area contributed by atoms with Crippen molar-refractivity contribution in [1.29, 1.82) is 0 Å². The fourth-order valence-corrected chi connectivity index (χ4v) is 2.52. The minimum absolute atomic E-state index is 0. The minimum atomic E-state index is 0. The summed E-state index contributed by atoms with van der Waals surface area (Å²) < 4.78 is 0. The molecule has 5 nitrogen and oxygen atoms in total. The van der Waals surface area contributed by atoms with Gasteiger partial charge in [-0.2, -0.15) is 4.98 Å². The number of hydrogen-bond donors (Lipinski definition) is 2. The van der Waals surface area contributed by atoms with Crippen molar-refractivity contribution in [1.82, 2.24) is 15.3 Å². The Hall–Kier alpha value is -1.56. The molecule has 22 heavy (non-hydrogen) atoms. The van der Waals surface area contributed by atoms with Crippen LogP contribution in [0, 0.1) is 0 Å².